The van der Waals surface area contributed by atoms with Crippen LogP contribution in [-0.4, -0.2) is 148 Å². The van der Waals surface area contributed by atoms with Crippen LogP contribution in [-0.2, 0) is 59.2 Å². The number of amides is 11. The zero-order chi connectivity index (χ0) is 60.8. The molecule has 2 heterocycles. The fourth-order valence-corrected chi connectivity index (χ4v) is 13.9. The molecule has 0 aromatic heterocycles. The second-order valence-electron chi connectivity index (χ2n) is 21.1. The molecular weight excluding hydrogens is 1120 g/mol. The van der Waals surface area contributed by atoms with Crippen molar-refractivity contribution < 1.29 is 52.7 Å². The number of primary amides is 3. The molecule has 27 heteroatoms. The fraction of sp³-hybridized carbons (Fsp3) is 0.474. The van der Waals surface area contributed by atoms with Crippen molar-refractivity contribution in [3.8, 4) is 0 Å². The number of hydrogen-bond donors (Lipinski definition) is 12. The van der Waals surface area contributed by atoms with Crippen molar-refractivity contribution in [2.24, 2.45) is 33.7 Å². The Morgan fingerprint density at radius 3 is 1.88 bits per heavy atom. The van der Waals surface area contributed by atoms with E-state index in [1.165, 1.54) is 26.5 Å². The second kappa shape index (κ2) is 32.0. The number of benzene rings is 3. The summed E-state index contributed by atoms with van der Waals surface area (Å²) in [4.78, 5) is 159. The van der Waals surface area contributed by atoms with Gasteiger partial charge < -0.3 is 70.8 Å². The Bertz CT molecular complexity index is 2800. The smallest absolute Gasteiger partial charge is 0.246 e. The molecule has 2 aliphatic heterocycles. The first-order chi connectivity index (χ1) is 40.2. The summed E-state index contributed by atoms with van der Waals surface area (Å²) < 4.78 is -0.777. The zero-order valence-electron chi connectivity index (χ0n) is 46.6. The monoisotopic (exact) mass is 1200 g/mol. The average molecular weight is 1200 g/mol. The maximum Gasteiger partial charge on any atom is 0.246 e. The van der Waals surface area contributed by atoms with Crippen LogP contribution in [0.4, 0.5) is 0 Å². The summed E-state index contributed by atoms with van der Waals surface area (Å²) in [6.07, 6.45) is 2.31. The van der Waals surface area contributed by atoms with Crippen LogP contribution < -0.4 is 65.9 Å². The van der Waals surface area contributed by atoms with Gasteiger partial charge in [0.1, 0.15) is 42.3 Å². The molecule has 2 saturated heterocycles. The van der Waals surface area contributed by atoms with E-state index < -0.39 is 144 Å². The quantitative estimate of drug-likeness (QED) is 0.0287. The van der Waals surface area contributed by atoms with Gasteiger partial charge in [0.2, 0.25) is 65.0 Å². The van der Waals surface area contributed by atoms with Crippen LogP contribution in [0.25, 0.3) is 0 Å². The first-order valence-corrected chi connectivity index (χ1v) is 30.3. The maximum absolute atomic E-state index is 15.3. The third-order valence-corrected chi connectivity index (χ3v) is 18.0. The van der Waals surface area contributed by atoms with Gasteiger partial charge in [0.25, 0.3) is 0 Å². The van der Waals surface area contributed by atoms with Crippen molar-refractivity contribution in [3.05, 3.63) is 108 Å². The average Bonchev–Trinajstić information content (AvgIpc) is 4.11. The molecular formula is C57H76N14O11S2. The van der Waals surface area contributed by atoms with Crippen LogP contribution in [0, 0.1) is 0 Å². The van der Waals surface area contributed by atoms with Crippen LogP contribution in [0.5, 0.6) is 0 Å². The molecule has 0 radical (unpaired) electrons. The third-order valence-electron chi connectivity index (χ3n) is 14.7. The van der Waals surface area contributed by atoms with Crippen LogP contribution in [0.3, 0.4) is 0 Å². The van der Waals surface area contributed by atoms with E-state index in [0.29, 0.717) is 36.0 Å². The van der Waals surface area contributed by atoms with Crippen LogP contribution in [0.2, 0.25) is 0 Å². The first kappa shape index (κ1) is 65.0. The van der Waals surface area contributed by atoms with Gasteiger partial charge >= 0.3 is 0 Å². The standard InChI is InChI=1S/C57H76N14O11S2/c58-43(72)24-23-38-50(77)67-40(30-44(59)73)52(79)69-41(55(82)71-28-14-22-42(71)53(80)66-37(21-13-27-63-56(61)62)49(76)64-32-45(60)74)33-83-84-57(25-11-4-12-26-57)31-46(75)70-48(47(35-17-7-2-8-18-35)36-19-9-3-10-20-36)54(81)68-39(51(78)65-38)29-34-15-5-1-6-16-34/h1-3,5-10,15-20,37-42,47-48H,4,11-14,21-33H2,(H2,58,72)(H2,59,73)(H2,60,74)(H,64,76)(H,65,78)(H,66,80)(H,67,77)(H,68,81)(H,69,79)(H,70,75)(H4,61,62,63)/t37-,38-,39-,40-,41-,42-,48-/m0/s1. The Labute approximate surface area is 494 Å². The number of carbonyl (C=O) groups is 11. The normalized spacial score (nSPS) is 22.2. The lowest BCUT2D eigenvalue weighted by Crippen LogP contribution is -2.61. The summed E-state index contributed by atoms with van der Waals surface area (Å²) >= 11 is 0. The number of carbonyl (C=O) groups excluding carboxylic acids is 11. The summed E-state index contributed by atoms with van der Waals surface area (Å²) in [6, 6.07) is 16.9. The number of likely N-dealkylation sites (tertiary alicyclic amines) is 1. The van der Waals surface area contributed by atoms with Gasteiger partial charge in [-0.1, -0.05) is 132 Å². The molecule has 3 aromatic carbocycles. The summed E-state index contributed by atoms with van der Waals surface area (Å²) in [5.74, 6) is -10.3. The van der Waals surface area contributed by atoms with E-state index in [1.807, 2.05) is 60.7 Å². The van der Waals surface area contributed by atoms with E-state index in [0.717, 1.165) is 19.3 Å². The lowest BCUT2D eigenvalue weighted by Gasteiger charge is -2.37. The predicted molar refractivity (Wildman–Crippen MR) is 316 cm³/mol. The number of nitrogens with two attached hydrogens (primary N) is 5. The number of nitrogens with zero attached hydrogens (tertiary/aromatic N) is 2. The lowest BCUT2D eigenvalue weighted by atomic mass is 9.83. The van der Waals surface area contributed by atoms with Gasteiger partial charge in [0.15, 0.2) is 5.96 Å². The molecule has 3 fully saturated rings. The van der Waals surface area contributed by atoms with E-state index >= 15 is 9.59 Å². The molecule has 3 aromatic rings. The van der Waals surface area contributed by atoms with Crippen LogP contribution in [0.1, 0.15) is 106 Å². The summed E-state index contributed by atoms with van der Waals surface area (Å²) in [5.41, 5.74) is 29.4. The highest BCUT2D eigenvalue weighted by molar-refractivity contribution is 8.77. The topological polar surface area (TPSA) is 418 Å². The van der Waals surface area contributed by atoms with E-state index in [-0.39, 0.29) is 56.9 Å². The highest BCUT2D eigenvalue weighted by atomic mass is 33.1. The molecule has 1 saturated carbocycles. The molecule has 0 unspecified atom stereocenters. The molecule has 6 rings (SSSR count). The summed E-state index contributed by atoms with van der Waals surface area (Å²) in [6.45, 7) is -0.388. The van der Waals surface area contributed by atoms with Gasteiger partial charge in [0, 0.05) is 48.8 Å². The minimum absolute atomic E-state index is 0.0168. The third kappa shape index (κ3) is 19.7. The van der Waals surface area contributed by atoms with E-state index in [2.05, 4.69) is 42.2 Å². The van der Waals surface area contributed by atoms with E-state index in [4.69, 9.17) is 28.7 Å². The molecule has 452 valence electrons. The minimum Gasteiger partial charge on any atom is -0.370 e. The molecule has 11 amide bonds. The van der Waals surface area contributed by atoms with Gasteiger partial charge in [-0.15, -0.1) is 0 Å². The molecule has 84 heavy (non-hydrogen) atoms. The molecule has 17 N–H and O–H groups in total. The number of aliphatic imine (C=N–C) groups is 1. The molecule has 1 spiro atoms. The summed E-state index contributed by atoms with van der Waals surface area (Å²) in [7, 11) is 2.53. The zero-order valence-corrected chi connectivity index (χ0v) is 48.2. The molecule has 3 aliphatic rings. The van der Waals surface area contributed by atoms with Crippen molar-refractivity contribution in [1.82, 2.24) is 42.1 Å². The minimum atomic E-state index is -1.78. The Kier molecular flexibility index (Phi) is 24.8. The fourth-order valence-electron chi connectivity index (χ4n) is 10.5. The van der Waals surface area contributed by atoms with Crippen molar-refractivity contribution in [3.63, 3.8) is 0 Å². The Balaban J connectivity index is 1.41. The SMILES string of the molecule is NC(=O)CC[C@@H]1NC(=O)[C@H](Cc2ccccc2)NC(=O)[C@H](C(c2ccccc2)c2ccccc2)NC(=O)CC2(CCCCC2)SSC[C@@H](C(=O)N2CCC[C@H]2C(=O)N[C@@H](CCCN=C(N)N)C(=O)NCC(N)=O)NC(=O)[C@H](CC(N)=O)NC1=O. The number of guanidine groups is 1. The summed E-state index contributed by atoms with van der Waals surface area (Å²) in [5, 5.41) is 18.9. The Hall–Kier alpha value is -8.20. The van der Waals surface area contributed by atoms with Gasteiger partial charge in [-0.2, -0.15) is 0 Å². The number of nitrogens with one attached hydrogen (secondary N) is 7. The Morgan fingerprint density at radius 1 is 0.679 bits per heavy atom. The highest BCUT2D eigenvalue weighted by Gasteiger charge is 2.43. The number of hydrogen-bond acceptors (Lipinski definition) is 14. The second-order valence-corrected chi connectivity index (χ2v) is 23.9. The van der Waals surface area contributed by atoms with Crippen LogP contribution in [0.15, 0.2) is 96.0 Å². The molecule has 25 nitrogen and oxygen atoms in total. The first-order valence-electron chi connectivity index (χ1n) is 28.0. The van der Waals surface area contributed by atoms with Gasteiger partial charge in [-0.25, -0.2) is 0 Å². The lowest BCUT2D eigenvalue weighted by molar-refractivity contribution is -0.142. The highest BCUT2D eigenvalue weighted by Crippen LogP contribution is 2.48. The molecule has 1 aliphatic carbocycles. The molecule has 0 bridgehead atoms. The van der Waals surface area contributed by atoms with E-state index in [1.54, 1.807) is 30.3 Å². The van der Waals surface area contributed by atoms with Crippen LogP contribution >= 0.6 is 21.6 Å². The van der Waals surface area contributed by atoms with Gasteiger partial charge in [-0.05, 0) is 61.6 Å². The van der Waals surface area contributed by atoms with Crippen molar-refractivity contribution in [1.29, 1.82) is 0 Å². The maximum atomic E-state index is 15.3. The van der Waals surface area contributed by atoms with E-state index in [9.17, 15) is 43.2 Å². The number of rotatable bonds is 20. The van der Waals surface area contributed by atoms with Crippen molar-refractivity contribution >= 4 is 92.5 Å². The van der Waals surface area contributed by atoms with Gasteiger partial charge in [-0.3, -0.25) is 57.7 Å². The van der Waals surface area contributed by atoms with Crippen molar-refractivity contribution in [2.45, 2.75) is 143 Å². The largest absolute Gasteiger partial charge is 0.370 e. The Morgan fingerprint density at radius 2 is 1.27 bits per heavy atom. The van der Waals surface area contributed by atoms with Crippen molar-refractivity contribution in [2.75, 3.05) is 25.4 Å². The molecule has 7 atom stereocenters. The predicted octanol–water partition coefficient (Wildman–Crippen LogP) is -0.755. The van der Waals surface area contributed by atoms with Gasteiger partial charge in [0.05, 0.1) is 13.0 Å².